The lowest BCUT2D eigenvalue weighted by molar-refractivity contribution is -0.137. The molecule has 0 aliphatic rings. The first-order valence-corrected chi connectivity index (χ1v) is 11.1. The zero-order chi connectivity index (χ0) is 26.7. The van der Waals surface area contributed by atoms with Gasteiger partial charge in [-0.3, -0.25) is 4.79 Å². The number of benzene rings is 3. The lowest BCUT2D eigenvalue weighted by Gasteiger charge is -2.23. The van der Waals surface area contributed by atoms with E-state index in [-0.39, 0.29) is 34.9 Å². The summed E-state index contributed by atoms with van der Waals surface area (Å²) in [4.78, 5) is 24.6. The van der Waals surface area contributed by atoms with Gasteiger partial charge in [-0.25, -0.2) is 9.18 Å². The molecule has 0 saturated heterocycles. The van der Waals surface area contributed by atoms with Crippen molar-refractivity contribution in [3.05, 3.63) is 88.7 Å². The number of anilines is 1. The monoisotopic (exact) mass is 503 g/mol. The predicted octanol–water partition coefficient (Wildman–Crippen LogP) is 7.36. The van der Waals surface area contributed by atoms with E-state index in [0.29, 0.717) is 5.56 Å². The quantitative estimate of drug-likeness (QED) is 0.282. The standard InChI is InChI=1S/C27H25F4NO4/c1-5-35-25(34)20-11-10-18(15-22(20)28)32-24(33)16-9-12-21(26(2,3)4)23(13-16)36-19-8-6-7-17(14-19)27(29,30)31/h6-15H,5H2,1-4H3,(H,32,33). The van der Waals surface area contributed by atoms with Crippen LogP contribution in [0.4, 0.5) is 23.2 Å². The fourth-order valence-electron chi connectivity index (χ4n) is 3.40. The Bertz CT molecular complexity index is 1280. The number of rotatable bonds is 6. The first kappa shape index (κ1) is 26.7. The third-order valence-electron chi connectivity index (χ3n) is 5.16. The van der Waals surface area contributed by atoms with Gasteiger partial charge in [0.15, 0.2) is 0 Å². The second kappa shape index (κ2) is 10.4. The molecular formula is C27H25F4NO4. The Morgan fingerprint density at radius 2 is 1.67 bits per heavy atom. The minimum absolute atomic E-state index is 0.0375. The number of halogens is 4. The van der Waals surface area contributed by atoms with Gasteiger partial charge in [0.05, 0.1) is 17.7 Å². The van der Waals surface area contributed by atoms with Crippen molar-refractivity contribution in [3.63, 3.8) is 0 Å². The molecular weight excluding hydrogens is 478 g/mol. The maximum absolute atomic E-state index is 14.3. The van der Waals surface area contributed by atoms with Gasteiger partial charge < -0.3 is 14.8 Å². The molecule has 190 valence electrons. The summed E-state index contributed by atoms with van der Waals surface area (Å²) in [6.45, 7) is 7.38. The number of carbonyl (C=O) groups excluding carboxylic acids is 2. The average Bonchev–Trinajstić information content (AvgIpc) is 2.78. The molecule has 1 N–H and O–H groups in total. The highest BCUT2D eigenvalue weighted by Gasteiger charge is 2.31. The summed E-state index contributed by atoms with van der Waals surface area (Å²) < 4.78 is 64.3. The van der Waals surface area contributed by atoms with Gasteiger partial charge in [-0.05, 0) is 60.9 Å². The van der Waals surface area contributed by atoms with Crippen LogP contribution in [0, 0.1) is 5.82 Å². The van der Waals surface area contributed by atoms with Gasteiger partial charge in [0.25, 0.3) is 5.91 Å². The van der Waals surface area contributed by atoms with Crippen LogP contribution in [0.3, 0.4) is 0 Å². The molecule has 3 rings (SSSR count). The number of alkyl halides is 3. The van der Waals surface area contributed by atoms with E-state index in [0.717, 1.165) is 18.2 Å². The Hall–Kier alpha value is -3.88. The van der Waals surface area contributed by atoms with Crippen LogP contribution in [-0.4, -0.2) is 18.5 Å². The Morgan fingerprint density at radius 3 is 2.28 bits per heavy atom. The molecule has 0 aromatic heterocycles. The molecule has 5 nitrogen and oxygen atoms in total. The van der Waals surface area contributed by atoms with Crippen LogP contribution in [0.5, 0.6) is 11.5 Å². The molecule has 1 amide bonds. The number of nitrogens with one attached hydrogen (secondary N) is 1. The lowest BCUT2D eigenvalue weighted by atomic mass is 9.85. The fraction of sp³-hybridized carbons (Fsp3) is 0.259. The number of ether oxygens (including phenoxy) is 2. The highest BCUT2D eigenvalue weighted by atomic mass is 19.4. The van der Waals surface area contributed by atoms with Gasteiger partial charge in [-0.2, -0.15) is 13.2 Å². The summed E-state index contributed by atoms with van der Waals surface area (Å²) in [5.74, 6) is -2.11. The number of hydrogen-bond acceptors (Lipinski definition) is 4. The van der Waals surface area contributed by atoms with E-state index in [1.165, 1.54) is 36.4 Å². The van der Waals surface area contributed by atoms with Crippen LogP contribution < -0.4 is 10.1 Å². The van der Waals surface area contributed by atoms with Gasteiger partial charge in [0.2, 0.25) is 0 Å². The average molecular weight is 503 g/mol. The first-order chi connectivity index (χ1) is 16.8. The van der Waals surface area contributed by atoms with Gasteiger partial charge in [-0.15, -0.1) is 0 Å². The molecule has 0 spiro atoms. The van der Waals surface area contributed by atoms with E-state index in [1.54, 1.807) is 13.0 Å². The Kier molecular flexibility index (Phi) is 7.71. The number of carbonyl (C=O) groups is 2. The van der Waals surface area contributed by atoms with Crippen molar-refractivity contribution in [1.29, 1.82) is 0 Å². The van der Waals surface area contributed by atoms with Crippen molar-refractivity contribution < 1.29 is 36.6 Å². The number of amides is 1. The van der Waals surface area contributed by atoms with Crippen LogP contribution in [0.25, 0.3) is 0 Å². The van der Waals surface area contributed by atoms with Crippen molar-refractivity contribution in [3.8, 4) is 11.5 Å². The van der Waals surface area contributed by atoms with E-state index < -0.39 is 34.8 Å². The predicted molar refractivity (Wildman–Crippen MR) is 127 cm³/mol. The maximum atomic E-state index is 14.3. The zero-order valence-corrected chi connectivity index (χ0v) is 20.1. The third kappa shape index (κ3) is 6.41. The summed E-state index contributed by atoms with van der Waals surface area (Å²) in [7, 11) is 0. The third-order valence-corrected chi connectivity index (χ3v) is 5.16. The van der Waals surface area contributed by atoms with E-state index in [4.69, 9.17) is 9.47 Å². The Morgan fingerprint density at radius 1 is 0.944 bits per heavy atom. The SMILES string of the molecule is CCOC(=O)c1ccc(NC(=O)c2ccc(C(C)(C)C)c(Oc3cccc(C(F)(F)F)c3)c2)cc1F. The smallest absolute Gasteiger partial charge is 0.416 e. The molecule has 36 heavy (non-hydrogen) atoms. The van der Waals surface area contributed by atoms with E-state index in [2.05, 4.69) is 5.32 Å². The first-order valence-electron chi connectivity index (χ1n) is 11.1. The van der Waals surface area contributed by atoms with Crippen LogP contribution in [0.1, 0.15) is 59.5 Å². The van der Waals surface area contributed by atoms with Crippen LogP contribution >= 0.6 is 0 Å². The molecule has 0 bridgehead atoms. The van der Waals surface area contributed by atoms with Crippen molar-refractivity contribution in [2.75, 3.05) is 11.9 Å². The minimum atomic E-state index is -4.54. The van der Waals surface area contributed by atoms with Crippen molar-refractivity contribution in [1.82, 2.24) is 0 Å². The van der Waals surface area contributed by atoms with Crippen molar-refractivity contribution >= 4 is 17.6 Å². The molecule has 0 aliphatic heterocycles. The fourth-order valence-corrected chi connectivity index (χ4v) is 3.40. The maximum Gasteiger partial charge on any atom is 0.416 e. The summed E-state index contributed by atoms with van der Waals surface area (Å²) >= 11 is 0. The molecule has 0 unspecified atom stereocenters. The molecule has 9 heteroatoms. The topological polar surface area (TPSA) is 64.6 Å². The Labute approximate surface area is 206 Å². The van der Waals surface area contributed by atoms with Crippen LogP contribution in [-0.2, 0) is 16.3 Å². The molecule has 3 aromatic carbocycles. The second-order valence-electron chi connectivity index (χ2n) is 8.96. The molecule has 3 aromatic rings. The molecule has 0 atom stereocenters. The van der Waals surface area contributed by atoms with Gasteiger partial charge in [0, 0.05) is 16.8 Å². The van der Waals surface area contributed by atoms with Crippen LogP contribution in [0.2, 0.25) is 0 Å². The van der Waals surface area contributed by atoms with Crippen LogP contribution in [0.15, 0.2) is 60.7 Å². The summed E-state index contributed by atoms with van der Waals surface area (Å²) in [5.41, 5.74) is -0.662. The summed E-state index contributed by atoms with van der Waals surface area (Å²) in [6.07, 6.45) is -4.54. The minimum Gasteiger partial charge on any atom is -0.462 e. The van der Waals surface area contributed by atoms with E-state index in [1.807, 2.05) is 20.8 Å². The molecule has 0 heterocycles. The van der Waals surface area contributed by atoms with Gasteiger partial charge in [-0.1, -0.05) is 32.9 Å². The molecule has 0 fully saturated rings. The molecule has 0 saturated carbocycles. The largest absolute Gasteiger partial charge is 0.462 e. The number of esters is 1. The highest BCUT2D eigenvalue weighted by Crippen LogP contribution is 2.37. The van der Waals surface area contributed by atoms with Crippen molar-refractivity contribution in [2.24, 2.45) is 0 Å². The van der Waals surface area contributed by atoms with E-state index in [9.17, 15) is 27.2 Å². The molecule has 0 radical (unpaired) electrons. The normalized spacial score (nSPS) is 11.7. The van der Waals surface area contributed by atoms with E-state index >= 15 is 0 Å². The Balaban J connectivity index is 1.90. The lowest BCUT2D eigenvalue weighted by Crippen LogP contribution is -2.16. The summed E-state index contributed by atoms with van der Waals surface area (Å²) in [6, 6.07) is 12.6. The van der Waals surface area contributed by atoms with Gasteiger partial charge >= 0.3 is 12.1 Å². The van der Waals surface area contributed by atoms with Crippen molar-refractivity contribution in [2.45, 2.75) is 39.3 Å². The second-order valence-corrected chi connectivity index (χ2v) is 8.96. The van der Waals surface area contributed by atoms with Gasteiger partial charge in [0.1, 0.15) is 17.3 Å². The number of hydrogen-bond donors (Lipinski definition) is 1. The summed E-state index contributed by atoms with van der Waals surface area (Å²) in [5, 5.41) is 2.54. The molecule has 0 aliphatic carbocycles. The highest BCUT2D eigenvalue weighted by molar-refractivity contribution is 6.04. The zero-order valence-electron chi connectivity index (χ0n) is 20.1.